The van der Waals surface area contributed by atoms with E-state index in [1.807, 2.05) is 0 Å². The first-order chi connectivity index (χ1) is 13.2. The number of likely N-dealkylation sites (tertiary alicyclic amines) is 1. The van der Waals surface area contributed by atoms with Crippen molar-refractivity contribution in [2.45, 2.75) is 32.7 Å². The first-order valence-electron chi connectivity index (χ1n) is 9.28. The maximum Gasteiger partial charge on any atom is 0.309 e. The lowest BCUT2D eigenvalue weighted by Gasteiger charge is -2.36. The Bertz CT molecular complexity index is 785. The van der Waals surface area contributed by atoms with E-state index in [-0.39, 0.29) is 17.8 Å². The highest BCUT2D eigenvalue weighted by Gasteiger charge is 2.35. The second-order valence-electron chi connectivity index (χ2n) is 6.78. The van der Waals surface area contributed by atoms with Gasteiger partial charge in [0.05, 0.1) is 31.6 Å². The van der Waals surface area contributed by atoms with E-state index in [0.29, 0.717) is 44.0 Å². The Kier molecular flexibility index (Phi) is 7.29. The number of rotatable bonds is 7. The van der Waals surface area contributed by atoms with Crippen LogP contribution in [-0.4, -0.2) is 64.3 Å². The van der Waals surface area contributed by atoms with Crippen LogP contribution >= 0.6 is 0 Å². The monoisotopic (exact) mass is 412 g/mol. The molecule has 0 saturated carbocycles. The van der Waals surface area contributed by atoms with Crippen LogP contribution in [0.3, 0.4) is 0 Å². The molecule has 1 aromatic rings. The van der Waals surface area contributed by atoms with Gasteiger partial charge in [0.15, 0.2) is 0 Å². The molecule has 0 aliphatic carbocycles. The van der Waals surface area contributed by atoms with Crippen LogP contribution in [0.2, 0.25) is 0 Å². The van der Waals surface area contributed by atoms with Crippen molar-refractivity contribution in [3.05, 3.63) is 24.3 Å². The second-order valence-corrected chi connectivity index (χ2v) is 8.64. The highest BCUT2D eigenvalue weighted by molar-refractivity contribution is 7.92. The molecule has 1 heterocycles. The van der Waals surface area contributed by atoms with Crippen molar-refractivity contribution in [2.24, 2.45) is 5.92 Å². The van der Waals surface area contributed by atoms with Gasteiger partial charge in [-0.2, -0.15) is 0 Å². The first kappa shape index (κ1) is 22.0. The number of hydrogen-bond acceptors (Lipinski definition) is 6. The molecule has 1 saturated heterocycles. The molecule has 1 amide bonds. The lowest BCUT2D eigenvalue weighted by molar-refractivity contribution is -0.151. The number of methoxy groups -OCH3 is 1. The molecule has 156 valence electrons. The zero-order chi connectivity index (χ0) is 20.9. The summed E-state index contributed by atoms with van der Waals surface area (Å²) in [4.78, 5) is 26.4. The minimum atomic E-state index is -3.68. The summed E-state index contributed by atoms with van der Waals surface area (Å²) in [6.45, 7) is 4.46. The van der Waals surface area contributed by atoms with E-state index in [4.69, 9.17) is 9.47 Å². The Morgan fingerprint density at radius 3 is 2.25 bits per heavy atom. The second kappa shape index (κ2) is 9.27. The topological polar surface area (TPSA) is 93.2 Å². The molecular weight excluding hydrogens is 384 g/mol. The molecule has 9 heteroatoms. The number of ether oxygens (including phenoxy) is 2. The summed E-state index contributed by atoms with van der Waals surface area (Å²) in [5.41, 5.74) is 0.394. The van der Waals surface area contributed by atoms with Gasteiger partial charge in [-0.25, -0.2) is 8.42 Å². The number of benzene rings is 1. The number of nitrogens with zero attached hydrogens (tertiary/aromatic N) is 2. The van der Waals surface area contributed by atoms with E-state index in [9.17, 15) is 18.0 Å². The molecule has 0 N–H and O–H groups in total. The molecular formula is C19H28N2O6S. The maximum absolute atomic E-state index is 13.0. The molecule has 0 radical (unpaired) electrons. The number of carbonyl (C=O) groups is 2. The Labute approximate surface area is 166 Å². The predicted molar refractivity (Wildman–Crippen MR) is 106 cm³/mol. The van der Waals surface area contributed by atoms with E-state index in [0.717, 1.165) is 10.6 Å². The first-order valence-corrected chi connectivity index (χ1v) is 11.1. The normalized spacial score (nSPS) is 16.4. The quantitative estimate of drug-likeness (QED) is 0.632. The summed E-state index contributed by atoms with van der Waals surface area (Å²) in [5.74, 6) is -0.147. The molecule has 0 aromatic heterocycles. The van der Waals surface area contributed by atoms with Crippen molar-refractivity contribution in [1.29, 1.82) is 0 Å². The maximum atomic E-state index is 13.0. The van der Waals surface area contributed by atoms with Crippen molar-refractivity contribution in [1.82, 2.24) is 4.90 Å². The molecule has 1 aliphatic heterocycles. The minimum Gasteiger partial charge on any atom is -0.497 e. The van der Waals surface area contributed by atoms with E-state index >= 15 is 0 Å². The average Bonchev–Trinajstić information content (AvgIpc) is 2.67. The van der Waals surface area contributed by atoms with E-state index < -0.39 is 16.1 Å². The van der Waals surface area contributed by atoms with Crippen LogP contribution in [0, 0.1) is 5.92 Å². The third-order valence-electron chi connectivity index (χ3n) is 4.82. The Morgan fingerprint density at radius 1 is 1.21 bits per heavy atom. The van der Waals surface area contributed by atoms with Crippen LogP contribution in [0.15, 0.2) is 24.3 Å². The van der Waals surface area contributed by atoms with Gasteiger partial charge in [-0.15, -0.1) is 0 Å². The van der Waals surface area contributed by atoms with E-state index in [2.05, 4.69) is 0 Å². The van der Waals surface area contributed by atoms with Crippen molar-refractivity contribution in [3.63, 3.8) is 0 Å². The number of hydrogen-bond donors (Lipinski definition) is 0. The minimum absolute atomic E-state index is 0.216. The molecule has 28 heavy (non-hydrogen) atoms. The lowest BCUT2D eigenvalue weighted by atomic mass is 9.96. The standard InChI is InChI=1S/C19H28N2O6S/c1-5-27-19(23)15-10-12-20(13-11-15)18(22)14(2)21(28(4,24)25)16-6-8-17(26-3)9-7-16/h6-9,14-15H,5,10-13H2,1-4H3. The average molecular weight is 413 g/mol. The van der Waals surface area contributed by atoms with Gasteiger partial charge in [0.25, 0.3) is 0 Å². The molecule has 1 aromatic carbocycles. The van der Waals surface area contributed by atoms with Crippen LogP contribution < -0.4 is 9.04 Å². The van der Waals surface area contributed by atoms with E-state index in [1.165, 1.54) is 7.11 Å². The van der Waals surface area contributed by atoms with Crippen LogP contribution in [0.25, 0.3) is 0 Å². The fourth-order valence-electron chi connectivity index (χ4n) is 3.39. The molecule has 8 nitrogen and oxygen atoms in total. The number of carbonyl (C=O) groups excluding carboxylic acids is 2. The molecule has 1 aliphatic rings. The van der Waals surface area contributed by atoms with Crippen molar-refractivity contribution < 1.29 is 27.5 Å². The Morgan fingerprint density at radius 2 is 1.79 bits per heavy atom. The molecule has 1 atom stereocenters. The SMILES string of the molecule is CCOC(=O)C1CCN(C(=O)C(C)N(c2ccc(OC)cc2)S(C)(=O)=O)CC1. The van der Waals surface area contributed by atoms with Crippen LogP contribution in [0.1, 0.15) is 26.7 Å². The highest BCUT2D eigenvalue weighted by Crippen LogP contribution is 2.26. The van der Waals surface area contributed by atoms with Gasteiger partial charge >= 0.3 is 5.97 Å². The van der Waals surface area contributed by atoms with Gasteiger partial charge in [0.1, 0.15) is 11.8 Å². The number of sulfonamides is 1. The van der Waals surface area contributed by atoms with Crippen LogP contribution in [0.4, 0.5) is 5.69 Å². The molecule has 1 fully saturated rings. The van der Waals surface area contributed by atoms with Gasteiger partial charge in [0.2, 0.25) is 15.9 Å². The van der Waals surface area contributed by atoms with E-state index in [1.54, 1.807) is 43.0 Å². The number of amides is 1. The fraction of sp³-hybridized carbons (Fsp3) is 0.579. The third-order valence-corrected chi connectivity index (χ3v) is 6.06. The number of anilines is 1. The van der Waals surface area contributed by atoms with Gasteiger partial charge < -0.3 is 14.4 Å². The highest BCUT2D eigenvalue weighted by atomic mass is 32.2. The van der Waals surface area contributed by atoms with Gasteiger partial charge in [0, 0.05) is 13.1 Å². The summed E-state index contributed by atoms with van der Waals surface area (Å²) in [6.07, 6.45) is 2.10. The molecule has 2 rings (SSSR count). The molecule has 0 spiro atoms. The predicted octanol–water partition coefficient (Wildman–Crippen LogP) is 1.65. The summed E-state index contributed by atoms with van der Waals surface area (Å²) in [6, 6.07) is 5.61. The Balaban J connectivity index is 2.13. The fourth-order valence-corrected chi connectivity index (χ4v) is 4.56. The zero-order valence-corrected chi connectivity index (χ0v) is 17.6. The zero-order valence-electron chi connectivity index (χ0n) is 16.8. The Hall–Kier alpha value is -2.29. The smallest absolute Gasteiger partial charge is 0.309 e. The van der Waals surface area contributed by atoms with Crippen molar-refractivity contribution in [2.75, 3.05) is 37.4 Å². The van der Waals surface area contributed by atoms with Crippen LogP contribution in [0.5, 0.6) is 5.75 Å². The molecule has 0 bridgehead atoms. The molecule has 1 unspecified atom stereocenters. The summed E-state index contributed by atoms with van der Waals surface area (Å²) in [7, 11) is -2.16. The summed E-state index contributed by atoms with van der Waals surface area (Å²) in [5, 5.41) is 0. The van der Waals surface area contributed by atoms with Gasteiger partial charge in [-0.3, -0.25) is 13.9 Å². The largest absolute Gasteiger partial charge is 0.497 e. The van der Waals surface area contributed by atoms with Crippen molar-refractivity contribution in [3.8, 4) is 5.75 Å². The number of piperidine rings is 1. The summed E-state index contributed by atoms with van der Waals surface area (Å²) >= 11 is 0. The summed E-state index contributed by atoms with van der Waals surface area (Å²) < 4.78 is 36.0. The third kappa shape index (κ3) is 5.15. The van der Waals surface area contributed by atoms with Crippen molar-refractivity contribution >= 4 is 27.6 Å². The lowest BCUT2D eigenvalue weighted by Crippen LogP contribution is -2.51. The number of esters is 1. The van der Waals surface area contributed by atoms with Crippen LogP contribution in [-0.2, 0) is 24.3 Å². The van der Waals surface area contributed by atoms with Gasteiger partial charge in [-0.1, -0.05) is 0 Å². The van der Waals surface area contributed by atoms with Gasteiger partial charge in [-0.05, 0) is 51.0 Å².